The van der Waals surface area contributed by atoms with Crippen LogP contribution in [0.25, 0.3) is 10.9 Å². The van der Waals surface area contributed by atoms with Crippen molar-refractivity contribution in [2.24, 2.45) is 0 Å². The molecule has 0 radical (unpaired) electrons. The van der Waals surface area contributed by atoms with Gasteiger partial charge in [-0.05, 0) is 24.1 Å². The fourth-order valence-corrected chi connectivity index (χ4v) is 5.20. The average Bonchev–Trinajstić information content (AvgIpc) is 3.21. The third-order valence-electron chi connectivity index (χ3n) is 5.78. The van der Waals surface area contributed by atoms with Crippen molar-refractivity contribution < 1.29 is 4.79 Å². The van der Waals surface area contributed by atoms with Gasteiger partial charge in [-0.2, -0.15) is 0 Å². The number of anilines is 1. The van der Waals surface area contributed by atoms with Gasteiger partial charge in [-0.15, -0.1) is 11.3 Å². The first-order valence-electron chi connectivity index (χ1n) is 11.2. The Kier molecular flexibility index (Phi) is 6.28. The van der Waals surface area contributed by atoms with E-state index in [2.05, 4.69) is 49.4 Å². The lowest BCUT2D eigenvalue weighted by atomic mass is 10.1. The fourth-order valence-electron chi connectivity index (χ4n) is 4.13. The van der Waals surface area contributed by atoms with E-state index < -0.39 is 0 Å². The summed E-state index contributed by atoms with van der Waals surface area (Å²) in [6.07, 6.45) is 2.38. The van der Waals surface area contributed by atoms with Crippen molar-refractivity contribution in [1.82, 2.24) is 19.9 Å². The maximum atomic E-state index is 12.5. The third kappa shape index (κ3) is 5.18. The Morgan fingerprint density at radius 1 is 1.09 bits per heavy atom. The van der Waals surface area contributed by atoms with Gasteiger partial charge in [-0.3, -0.25) is 14.5 Å². The van der Waals surface area contributed by atoms with Crippen LogP contribution in [0.15, 0.2) is 59.4 Å². The van der Waals surface area contributed by atoms with E-state index in [1.807, 2.05) is 24.3 Å². The quantitative estimate of drug-likeness (QED) is 0.437. The molecule has 168 valence electrons. The van der Waals surface area contributed by atoms with Gasteiger partial charge in [0, 0.05) is 43.8 Å². The Labute approximate surface area is 195 Å². The first-order chi connectivity index (χ1) is 16.1. The van der Waals surface area contributed by atoms with Crippen molar-refractivity contribution >= 4 is 33.3 Å². The number of nitrogens with zero attached hydrogens (tertiary/aromatic N) is 3. The van der Waals surface area contributed by atoms with Crippen molar-refractivity contribution in [2.75, 3.05) is 11.9 Å². The number of benzene rings is 2. The average molecular weight is 460 g/mol. The fraction of sp³-hybridized carbons (Fsp3) is 0.280. The van der Waals surface area contributed by atoms with Crippen LogP contribution >= 0.6 is 11.3 Å². The summed E-state index contributed by atoms with van der Waals surface area (Å²) in [5, 5.41) is 4.20. The van der Waals surface area contributed by atoms with Crippen LogP contribution in [-0.4, -0.2) is 32.3 Å². The Hall–Kier alpha value is -3.36. The summed E-state index contributed by atoms with van der Waals surface area (Å²) in [6, 6.07) is 17.7. The van der Waals surface area contributed by atoms with Crippen molar-refractivity contribution in [3.05, 3.63) is 86.9 Å². The van der Waals surface area contributed by atoms with Gasteiger partial charge in [0.15, 0.2) is 5.13 Å². The number of thiazole rings is 1. The zero-order valence-corrected chi connectivity index (χ0v) is 19.0. The number of para-hydroxylation sites is 1. The molecule has 8 heteroatoms. The van der Waals surface area contributed by atoms with Crippen molar-refractivity contribution in [2.45, 2.75) is 38.8 Å². The summed E-state index contributed by atoms with van der Waals surface area (Å²) in [5.41, 5.74) is 2.93. The lowest BCUT2D eigenvalue weighted by molar-refractivity contribution is -0.116. The molecule has 1 aliphatic heterocycles. The topological polar surface area (TPSA) is 91.0 Å². The molecule has 7 nitrogen and oxygen atoms in total. The minimum absolute atomic E-state index is 0.0645. The van der Waals surface area contributed by atoms with Gasteiger partial charge >= 0.3 is 0 Å². The van der Waals surface area contributed by atoms with Crippen molar-refractivity contribution in [1.29, 1.82) is 0 Å². The summed E-state index contributed by atoms with van der Waals surface area (Å²) in [6.45, 7) is 2.75. The molecule has 0 atom stereocenters. The van der Waals surface area contributed by atoms with E-state index in [1.54, 1.807) is 17.4 Å². The standard InChI is InChI=1S/C25H25N5O2S/c31-23(12-6-11-22-26-19-10-5-4-9-18(19)24(32)28-22)29-25-27-20-13-14-30(16-21(20)33-25)15-17-7-2-1-3-8-17/h1-5,7-10H,6,11-16H2,(H,26,28,32)(H,27,29,31). The van der Waals surface area contributed by atoms with E-state index in [0.29, 0.717) is 41.1 Å². The summed E-state index contributed by atoms with van der Waals surface area (Å²) in [7, 11) is 0. The molecule has 2 N–H and O–H groups in total. The molecule has 0 spiro atoms. The number of hydrogen-bond donors (Lipinski definition) is 2. The highest BCUT2D eigenvalue weighted by Gasteiger charge is 2.21. The largest absolute Gasteiger partial charge is 0.310 e. The molecule has 4 aromatic rings. The van der Waals surface area contributed by atoms with E-state index in [-0.39, 0.29) is 11.5 Å². The Morgan fingerprint density at radius 3 is 2.79 bits per heavy atom. The molecule has 2 aromatic heterocycles. The molecule has 0 saturated carbocycles. The van der Waals surface area contributed by atoms with Gasteiger partial charge < -0.3 is 10.3 Å². The molecule has 33 heavy (non-hydrogen) atoms. The highest BCUT2D eigenvalue weighted by atomic mass is 32.1. The van der Waals surface area contributed by atoms with E-state index in [1.165, 1.54) is 10.4 Å². The number of rotatable bonds is 7. The smallest absolute Gasteiger partial charge is 0.258 e. The number of aryl methyl sites for hydroxylation is 1. The van der Waals surface area contributed by atoms with Crippen LogP contribution in [0.1, 0.15) is 34.8 Å². The molecule has 3 heterocycles. The zero-order chi connectivity index (χ0) is 22.6. The van der Waals surface area contributed by atoms with Crippen LogP contribution in [0.2, 0.25) is 0 Å². The maximum Gasteiger partial charge on any atom is 0.258 e. The molecule has 1 aliphatic rings. The number of aromatic amines is 1. The van der Waals surface area contributed by atoms with Crippen LogP contribution in [0.5, 0.6) is 0 Å². The molecule has 0 aliphatic carbocycles. The Balaban J connectivity index is 1.13. The predicted molar refractivity (Wildman–Crippen MR) is 130 cm³/mol. The van der Waals surface area contributed by atoms with Gasteiger partial charge in [-0.1, -0.05) is 42.5 Å². The number of carbonyl (C=O) groups excluding carboxylic acids is 1. The van der Waals surface area contributed by atoms with Crippen LogP contribution in [0, 0.1) is 0 Å². The number of aromatic nitrogens is 3. The molecular formula is C25H25N5O2S. The molecule has 0 fully saturated rings. The highest BCUT2D eigenvalue weighted by molar-refractivity contribution is 7.15. The predicted octanol–water partition coefficient (Wildman–Crippen LogP) is 3.90. The van der Waals surface area contributed by atoms with Gasteiger partial charge in [0.05, 0.1) is 16.6 Å². The van der Waals surface area contributed by atoms with Gasteiger partial charge in [0.25, 0.3) is 5.56 Å². The normalized spacial score (nSPS) is 13.7. The van der Waals surface area contributed by atoms with Gasteiger partial charge in [0.1, 0.15) is 5.82 Å². The van der Waals surface area contributed by atoms with Crippen LogP contribution in [-0.2, 0) is 30.7 Å². The van der Waals surface area contributed by atoms with Crippen LogP contribution < -0.4 is 10.9 Å². The zero-order valence-electron chi connectivity index (χ0n) is 18.2. The monoisotopic (exact) mass is 459 g/mol. The first-order valence-corrected chi connectivity index (χ1v) is 12.0. The van der Waals surface area contributed by atoms with E-state index in [9.17, 15) is 9.59 Å². The van der Waals surface area contributed by atoms with Crippen molar-refractivity contribution in [3.63, 3.8) is 0 Å². The second-order valence-corrected chi connectivity index (χ2v) is 9.35. The summed E-state index contributed by atoms with van der Waals surface area (Å²) in [4.78, 5) is 40.2. The lowest BCUT2D eigenvalue weighted by Gasteiger charge is -2.25. The number of carbonyl (C=O) groups is 1. The number of fused-ring (bicyclic) bond motifs is 2. The SMILES string of the molecule is O=C(CCCc1nc2ccccc2c(=O)[nH]1)Nc1nc2c(s1)CN(Cc1ccccc1)CC2. The molecule has 2 aromatic carbocycles. The highest BCUT2D eigenvalue weighted by Crippen LogP contribution is 2.29. The van der Waals surface area contributed by atoms with Gasteiger partial charge in [-0.25, -0.2) is 9.97 Å². The Morgan fingerprint density at radius 2 is 1.91 bits per heavy atom. The second kappa shape index (κ2) is 9.64. The molecule has 0 bridgehead atoms. The van der Waals surface area contributed by atoms with E-state index in [0.717, 1.165) is 31.7 Å². The van der Waals surface area contributed by atoms with Crippen molar-refractivity contribution in [3.8, 4) is 0 Å². The van der Waals surface area contributed by atoms with Crippen LogP contribution in [0.3, 0.4) is 0 Å². The molecule has 0 saturated heterocycles. The molecule has 5 rings (SSSR count). The first kappa shape index (κ1) is 21.5. The number of amides is 1. The second-order valence-electron chi connectivity index (χ2n) is 8.27. The summed E-state index contributed by atoms with van der Waals surface area (Å²) < 4.78 is 0. The van der Waals surface area contributed by atoms with E-state index >= 15 is 0 Å². The minimum atomic E-state index is -0.144. The number of H-pyrrole nitrogens is 1. The lowest BCUT2D eigenvalue weighted by Crippen LogP contribution is -2.29. The summed E-state index contributed by atoms with van der Waals surface area (Å²) >= 11 is 1.57. The van der Waals surface area contributed by atoms with E-state index in [4.69, 9.17) is 0 Å². The summed E-state index contributed by atoms with van der Waals surface area (Å²) in [5.74, 6) is 0.542. The third-order valence-corrected chi connectivity index (χ3v) is 6.78. The molecule has 1 amide bonds. The molecular weight excluding hydrogens is 434 g/mol. The molecule has 0 unspecified atom stereocenters. The Bertz CT molecular complexity index is 1330. The number of nitrogens with one attached hydrogen (secondary N) is 2. The van der Waals surface area contributed by atoms with Gasteiger partial charge in [0.2, 0.25) is 5.91 Å². The number of hydrogen-bond acceptors (Lipinski definition) is 6. The maximum absolute atomic E-state index is 12.5. The van der Waals surface area contributed by atoms with Crippen LogP contribution in [0.4, 0.5) is 5.13 Å². The minimum Gasteiger partial charge on any atom is -0.310 e.